The molecule has 0 aromatic carbocycles. The Morgan fingerprint density at radius 2 is 0.786 bits per heavy atom. The summed E-state index contributed by atoms with van der Waals surface area (Å²) in [6, 6.07) is 0. The Bertz CT molecular complexity index is 520. The van der Waals surface area contributed by atoms with Gasteiger partial charge < -0.3 is 23.5 Å². The van der Waals surface area contributed by atoms with Crippen LogP contribution in [0.1, 0.15) is 27.7 Å². The molecular weight excluding hydrogens is 646 g/mol. The second-order valence-corrected chi connectivity index (χ2v) is 9.51. The predicted molar refractivity (Wildman–Crippen MR) is 117 cm³/mol. The van der Waals surface area contributed by atoms with Crippen LogP contribution >= 0.6 is 23.9 Å². The minimum atomic E-state index is -1.68. The van der Waals surface area contributed by atoms with E-state index in [1.807, 2.05) is 65.7 Å². The van der Waals surface area contributed by atoms with E-state index in [0.29, 0.717) is 0 Å². The fourth-order valence-corrected chi connectivity index (χ4v) is 2.91. The van der Waals surface area contributed by atoms with Gasteiger partial charge in [-0.3, -0.25) is 0 Å². The molecule has 0 saturated heterocycles. The van der Waals surface area contributed by atoms with E-state index in [9.17, 15) is 13.7 Å². The van der Waals surface area contributed by atoms with Gasteiger partial charge in [0.1, 0.15) is 11.7 Å². The van der Waals surface area contributed by atoms with Crippen LogP contribution in [0.2, 0.25) is 0 Å². The third-order valence-electron chi connectivity index (χ3n) is 2.31. The first-order valence-corrected chi connectivity index (χ1v) is 13.3. The molecule has 0 bridgehead atoms. The minimum absolute atomic E-state index is 0. The van der Waals surface area contributed by atoms with Crippen molar-refractivity contribution in [3.63, 3.8) is 0 Å². The van der Waals surface area contributed by atoms with Crippen molar-refractivity contribution in [1.82, 2.24) is 9.80 Å². The number of nitrogens with zero attached hydrogens (tertiary/aromatic N) is 5. The molecule has 3 radical (unpaired) electrons. The Morgan fingerprint density at radius 1 is 0.571 bits per heavy atom. The van der Waals surface area contributed by atoms with Crippen molar-refractivity contribution in [2.24, 2.45) is 14.3 Å². The Hall–Kier alpha value is 2.61. The molecule has 28 heavy (non-hydrogen) atoms. The third kappa shape index (κ3) is 42.7. The molecule has 0 saturated carbocycles. The summed E-state index contributed by atoms with van der Waals surface area (Å²) in [4.78, 5) is 3.68. The molecule has 1 unspecified atom stereocenters. The zero-order chi connectivity index (χ0) is 20.7. The monoisotopic (exact) mass is 682 g/mol. The van der Waals surface area contributed by atoms with E-state index in [1.54, 1.807) is 20.0 Å². The van der Waals surface area contributed by atoms with Crippen LogP contribution in [0, 0.1) is 0 Å². The van der Waals surface area contributed by atoms with Gasteiger partial charge in [0.05, 0.1) is 0 Å². The van der Waals surface area contributed by atoms with Gasteiger partial charge in [-0.1, -0.05) is 0 Å². The van der Waals surface area contributed by atoms with Crippen LogP contribution in [-0.4, -0.2) is 75.4 Å². The van der Waals surface area contributed by atoms with Gasteiger partial charge >= 0.3 is 0 Å². The Balaban J connectivity index is -0.0000000620. The quantitative estimate of drug-likeness (QED) is 0.257. The molecule has 0 spiro atoms. The standard InChI is InChI=1S/2C5H13N2OP.C4H10NOP.3Y/c2*1-5(7(2)3)6-9(4)8;1-4(2)5-7(3)6;;;/h2*9H,1-4H3;7H,1-3H3;;;. The maximum Gasteiger partial charge on any atom is 0.177 e. The number of amidine groups is 2. The van der Waals surface area contributed by atoms with Crippen molar-refractivity contribution >= 4 is 41.2 Å². The van der Waals surface area contributed by atoms with E-state index in [-0.39, 0.29) is 98.1 Å². The molecule has 0 rings (SSSR count). The van der Waals surface area contributed by atoms with E-state index >= 15 is 0 Å². The molecule has 0 amide bonds. The molecule has 0 aliphatic carbocycles. The number of hydrogen-bond donors (Lipinski definition) is 0. The van der Waals surface area contributed by atoms with Gasteiger partial charge in [0, 0.05) is 152 Å². The Morgan fingerprint density at radius 3 is 0.821 bits per heavy atom. The van der Waals surface area contributed by atoms with E-state index in [1.165, 1.54) is 0 Å². The fourth-order valence-electron chi connectivity index (χ4n) is 0.971. The number of hydrogen-bond acceptors (Lipinski definition) is 3. The SMILES string of the molecule is CC(=N[P@@H](C)=O)N(C)C.CC(=N[PH](C)=O)N(C)C.CC(C)=N[P@H](C)=O.[Y].[Y].[Y]. The van der Waals surface area contributed by atoms with Gasteiger partial charge in [0.15, 0.2) is 23.9 Å². The largest absolute Gasteiger partial charge is 0.366 e. The van der Waals surface area contributed by atoms with Crippen molar-refractivity contribution in [1.29, 1.82) is 0 Å². The molecule has 0 aromatic heterocycles. The molecule has 14 heteroatoms. The van der Waals surface area contributed by atoms with Crippen LogP contribution in [0.3, 0.4) is 0 Å². The zero-order valence-corrected chi connectivity index (χ0v) is 30.7. The smallest absolute Gasteiger partial charge is 0.177 e. The summed E-state index contributed by atoms with van der Waals surface area (Å²) in [7, 11) is 2.55. The zero-order valence-electron chi connectivity index (χ0n) is 19.2. The molecule has 0 aliphatic rings. The first-order chi connectivity index (χ1) is 11.2. The Labute approximate surface area is 249 Å². The van der Waals surface area contributed by atoms with Crippen molar-refractivity contribution in [2.75, 3.05) is 48.2 Å². The summed E-state index contributed by atoms with van der Waals surface area (Å²) < 4.78 is 42.8. The third-order valence-corrected chi connectivity index (χ3v) is 4.35. The molecule has 3 atom stereocenters. The second kappa shape index (κ2) is 27.6. The van der Waals surface area contributed by atoms with E-state index in [4.69, 9.17) is 0 Å². The van der Waals surface area contributed by atoms with Crippen molar-refractivity contribution in [2.45, 2.75) is 27.7 Å². The normalized spacial score (nSPS) is 13.1. The van der Waals surface area contributed by atoms with Gasteiger partial charge in [-0.25, -0.2) is 14.3 Å². The summed E-state index contributed by atoms with van der Waals surface area (Å²) in [5.74, 6) is 1.64. The maximum atomic E-state index is 10.5. The average molecular weight is 682 g/mol. The van der Waals surface area contributed by atoms with Crippen LogP contribution in [0.25, 0.3) is 0 Å². The topological polar surface area (TPSA) is 94.8 Å². The van der Waals surface area contributed by atoms with Crippen LogP contribution in [0.15, 0.2) is 14.3 Å². The maximum absolute atomic E-state index is 10.5. The number of rotatable bonds is 3. The van der Waals surface area contributed by atoms with Gasteiger partial charge in [-0.15, -0.1) is 0 Å². The average Bonchev–Trinajstić information content (AvgIpc) is 2.36. The van der Waals surface area contributed by atoms with Crippen LogP contribution < -0.4 is 0 Å². The van der Waals surface area contributed by atoms with Crippen molar-refractivity contribution in [3.8, 4) is 0 Å². The molecule has 0 aliphatic heterocycles. The van der Waals surface area contributed by atoms with E-state index in [0.717, 1.165) is 17.4 Å². The van der Waals surface area contributed by atoms with E-state index < -0.39 is 23.9 Å². The molecule has 0 N–H and O–H groups in total. The van der Waals surface area contributed by atoms with E-state index in [2.05, 4.69) is 14.3 Å². The van der Waals surface area contributed by atoms with Crippen LogP contribution in [0.4, 0.5) is 0 Å². The minimum Gasteiger partial charge on any atom is -0.366 e. The van der Waals surface area contributed by atoms with Crippen molar-refractivity contribution < 1.29 is 112 Å². The molecule has 0 fully saturated rings. The fraction of sp³-hybridized carbons (Fsp3) is 0.786. The summed E-state index contributed by atoms with van der Waals surface area (Å²) in [5.41, 5.74) is 0.895. The van der Waals surface area contributed by atoms with Gasteiger partial charge in [0.25, 0.3) is 0 Å². The van der Waals surface area contributed by atoms with Crippen LogP contribution in [0.5, 0.6) is 0 Å². The summed E-state index contributed by atoms with van der Waals surface area (Å²) in [5, 5.41) is 0. The summed E-state index contributed by atoms with van der Waals surface area (Å²) in [6.07, 6.45) is 0. The van der Waals surface area contributed by atoms with Crippen LogP contribution in [-0.2, 0) is 112 Å². The van der Waals surface area contributed by atoms with Gasteiger partial charge in [-0.2, -0.15) is 0 Å². The molecule has 159 valence electrons. The predicted octanol–water partition coefficient (Wildman–Crippen LogP) is 3.71. The molecule has 8 nitrogen and oxygen atoms in total. The molecule has 0 aromatic rings. The molecular formula is C14H36N5O3P3Y3. The summed E-state index contributed by atoms with van der Waals surface area (Å²) in [6.45, 7) is 12.2. The summed E-state index contributed by atoms with van der Waals surface area (Å²) >= 11 is 0. The van der Waals surface area contributed by atoms with Gasteiger partial charge in [-0.05, 0) is 27.7 Å². The molecule has 0 heterocycles. The first kappa shape index (κ1) is 44.3. The second-order valence-electron chi connectivity index (χ2n) is 5.72. The first-order valence-electron chi connectivity index (χ1n) is 7.69. The Kier molecular flexibility index (Phi) is 43.8. The van der Waals surface area contributed by atoms with Crippen molar-refractivity contribution in [3.05, 3.63) is 0 Å². The van der Waals surface area contributed by atoms with Gasteiger partial charge in [0.2, 0.25) is 0 Å².